The highest BCUT2D eigenvalue weighted by atomic mass is 79.9. The highest BCUT2D eigenvalue weighted by Gasteiger charge is 2.18. The average molecular weight is 361 g/mol. The molecule has 1 saturated heterocycles. The fourth-order valence-electron chi connectivity index (χ4n) is 2.39. The van der Waals surface area contributed by atoms with Crippen molar-refractivity contribution in [2.45, 2.75) is 38.6 Å². The summed E-state index contributed by atoms with van der Waals surface area (Å²) < 4.78 is 27.9. The maximum absolute atomic E-state index is 12.2. The lowest BCUT2D eigenvalue weighted by molar-refractivity contribution is 0.393. The number of hydrogen-bond acceptors (Lipinski definition) is 3. The second-order valence-electron chi connectivity index (χ2n) is 5.32. The number of rotatable bonds is 5. The maximum Gasteiger partial charge on any atom is 0.232 e. The summed E-state index contributed by atoms with van der Waals surface area (Å²) in [4.78, 5) is 0. The van der Waals surface area contributed by atoms with Gasteiger partial charge in [0.1, 0.15) is 0 Å². The van der Waals surface area contributed by atoms with Gasteiger partial charge in [0.15, 0.2) is 0 Å². The van der Waals surface area contributed by atoms with Crippen LogP contribution in [-0.2, 0) is 10.0 Å². The molecule has 0 radical (unpaired) electrons. The normalized spacial score (nSPS) is 19.8. The van der Waals surface area contributed by atoms with Gasteiger partial charge in [-0.15, -0.1) is 0 Å². The molecule has 2 N–H and O–H groups in total. The average Bonchev–Trinajstić information content (AvgIpc) is 2.42. The number of hydrogen-bond donors (Lipinski definition) is 2. The molecule has 0 bridgehead atoms. The minimum absolute atomic E-state index is 0.163. The summed E-state index contributed by atoms with van der Waals surface area (Å²) in [7, 11) is -3.28. The Morgan fingerprint density at radius 3 is 2.90 bits per heavy atom. The standard InChI is InChI=1S/C14H21BrN2O2S/c1-11-5-6-12(15)10-14(11)17-20(18,19)9-7-13-4-2-3-8-16-13/h5-6,10,13,16-17H,2-4,7-9H2,1H3. The Balaban J connectivity index is 1.94. The summed E-state index contributed by atoms with van der Waals surface area (Å²) >= 11 is 3.36. The minimum atomic E-state index is -3.28. The van der Waals surface area contributed by atoms with E-state index in [0.29, 0.717) is 18.2 Å². The van der Waals surface area contributed by atoms with Crippen LogP contribution >= 0.6 is 15.9 Å². The lowest BCUT2D eigenvalue weighted by atomic mass is 10.0. The Bertz CT molecular complexity index is 554. The molecular weight excluding hydrogens is 340 g/mol. The minimum Gasteiger partial charge on any atom is -0.314 e. The molecule has 0 saturated carbocycles. The highest BCUT2D eigenvalue weighted by molar-refractivity contribution is 9.10. The van der Waals surface area contributed by atoms with E-state index in [1.54, 1.807) is 6.07 Å². The van der Waals surface area contributed by atoms with Crippen LogP contribution in [0.3, 0.4) is 0 Å². The Morgan fingerprint density at radius 2 is 2.20 bits per heavy atom. The third kappa shape index (κ3) is 4.75. The van der Waals surface area contributed by atoms with E-state index in [4.69, 9.17) is 0 Å². The van der Waals surface area contributed by atoms with E-state index in [0.717, 1.165) is 23.0 Å². The smallest absolute Gasteiger partial charge is 0.232 e. The maximum atomic E-state index is 12.2. The van der Waals surface area contributed by atoms with E-state index in [1.165, 1.54) is 12.8 Å². The van der Waals surface area contributed by atoms with E-state index in [-0.39, 0.29) is 5.75 Å². The van der Waals surface area contributed by atoms with Crippen LogP contribution in [0.15, 0.2) is 22.7 Å². The summed E-state index contributed by atoms with van der Waals surface area (Å²) in [6.07, 6.45) is 4.13. The molecule has 1 aliphatic heterocycles. The largest absolute Gasteiger partial charge is 0.314 e. The molecule has 1 aromatic rings. The second-order valence-corrected chi connectivity index (χ2v) is 8.07. The first-order chi connectivity index (χ1) is 9.46. The number of aryl methyl sites for hydroxylation is 1. The second kappa shape index (κ2) is 6.91. The first-order valence-electron chi connectivity index (χ1n) is 6.96. The van der Waals surface area contributed by atoms with Crippen LogP contribution in [0, 0.1) is 6.92 Å². The van der Waals surface area contributed by atoms with E-state index >= 15 is 0 Å². The van der Waals surface area contributed by atoms with Crippen molar-refractivity contribution in [2.24, 2.45) is 0 Å². The van der Waals surface area contributed by atoms with E-state index in [2.05, 4.69) is 26.0 Å². The van der Waals surface area contributed by atoms with Gasteiger partial charge in [-0.25, -0.2) is 8.42 Å². The molecule has 6 heteroatoms. The summed E-state index contributed by atoms with van der Waals surface area (Å²) in [5.41, 5.74) is 1.57. The zero-order valence-electron chi connectivity index (χ0n) is 11.7. The van der Waals surface area contributed by atoms with Crippen molar-refractivity contribution in [2.75, 3.05) is 17.0 Å². The molecule has 0 spiro atoms. The molecule has 1 aromatic carbocycles. The predicted molar refractivity (Wildman–Crippen MR) is 86.5 cm³/mol. The van der Waals surface area contributed by atoms with Crippen molar-refractivity contribution in [1.29, 1.82) is 0 Å². The first-order valence-corrected chi connectivity index (χ1v) is 9.41. The third-order valence-corrected chi connectivity index (χ3v) is 5.41. The summed E-state index contributed by atoms with van der Waals surface area (Å²) in [5, 5.41) is 3.38. The topological polar surface area (TPSA) is 58.2 Å². The van der Waals surface area contributed by atoms with Crippen molar-refractivity contribution < 1.29 is 8.42 Å². The molecule has 1 heterocycles. The fourth-order valence-corrected chi connectivity index (χ4v) is 4.00. The number of nitrogens with one attached hydrogen (secondary N) is 2. The monoisotopic (exact) mass is 360 g/mol. The van der Waals surface area contributed by atoms with Gasteiger partial charge in [0, 0.05) is 10.5 Å². The Hall–Kier alpha value is -0.590. The molecule has 0 aliphatic carbocycles. The van der Waals surface area contributed by atoms with Crippen LogP contribution in [0.25, 0.3) is 0 Å². The fraction of sp³-hybridized carbons (Fsp3) is 0.571. The molecule has 4 nitrogen and oxygen atoms in total. The SMILES string of the molecule is Cc1ccc(Br)cc1NS(=O)(=O)CCC1CCCCN1. The summed E-state index contributed by atoms with van der Waals surface area (Å²) in [6, 6.07) is 5.93. The van der Waals surface area contributed by atoms with Crippen LogP contribution in [0.2, 0.25) is 0 Å². The van der Waals surface area contributed by atoms with Gasteiger partial charge in [-0.05, 0) is 50.4 Å². The van der Waals surface area contributed by atoms with Crippen molar-refractivity contribution in [3.8, 4) is 0 Å². The molecule has 1 aliphatic rings. The zero-order chi connectivity index (χ0) is 14.6. The van der Waals surface area contributed by atoms with Crippen molar-refractivity contribution >= 4 is 31.6 Å². The van der Waals surface area contributed by atoms with Crippen LogP contribution in [0.4, 0.5) is 5.69 Å². The van der Waals surface area contributed by atoms with Gasteiger partial charge in [-0.1, -0.05) is 28.4 Å². The van der Waals surface area contributed by atoms with Gasteiger partial charge >= 0.3 is 0 Å². The predicted octanol–water partition coefficient (Wildman–Crippen LogP) is 3.03. The highest BCUT2D eigenvalue weighted by Crippen LogP contribution is 2.22. The summed E-state index contributed by atoms with van der Waals surface area (Å²) in [6.45, 7) is 2.90. The van der Waals surface area contributed by atoms with Crippen molar-refractivity contribution in [3.05, 3.63) is 28.2 Å². The summed E-state index contributed by atoms with van der Waals surface area (Å²) in [5.74, 6) is 0.163. The van der Waals surface area contributed by atoms with Gasteiger partial charge in [-0.2, -0.15) is 0 Å². The van der Waals surface area contributed by atoms with Crippen LogP contribution in [0.1, 0.15) is 31.2 Å². The number of halogens is 1. The van der Waals surface area contributed by atoms with Crippen LogP contribution in [0.5, 0.6) is 0 Å². The number of benzene rings is 1. The Kier molecular flexibility index (Phi) is 5.46. The molecule has 0 amide bonds. The van der Waals surface area contributed by atoms with Gasteiger partial charge in [0.25, 0.3) is 0 Å². The van der Waals surface area contributed by atoms with Gasteiger partial charge in [0.2, 0.25) is 10.0 Å². The molecule has 20 heavy (non-hydrogen) atoms. The Morgan fingerprint density at radius 1 is 1.40 bits per heavy atom. The van der Waals surface area contributed by atoms with E-state index in [1.807, 2.05) is 19.1 Å². The van der Waals surface area contributed by atoms with E-state index in [9.17, 15) is 8.42 Å². The molecule has 2 rings (SSSR count). The third-order valence-electron chi connectivity index (χ3n) is 3.61. The molecule has 1 fully saturated rings. The zero-order valence-corrected chi connectivity index (χ0v) is 14.1. The molecule has 112 valence electrons. The molecule has 0 aromatic heterocycles. The Labute approximate surface area is 129 Å². The van der Waals surface area contributed by atoms with Crippen molar-refractivity contribution in [1.82, 2.24) is 5.32 Å². The molecule has 1 atom stereocenters. The van der Waals surface area contributed by atoms with Gasteiger partial charge in [0.05, 0.1) is 11.4 Å². The number of anilines is 1. The first kappa shape index (κ1) is 15.8. The lowest BCUT2D eigenvalue weighted by Crippen LogP contribution is -2.36. The lowest BCUT2D eigenvalue weighted by Gasteiger charge is -2.23. The molecular formula is C14H21BrN2O2S. The molecule has 1 unspecified atom stereocenters. The number of sulfonamides is 1. The number of piperidine rings is 1. The van der Waals surface area contributed by atoms with Crippen molar-refractivity contribution in [3.63, 3.8) is 0 Å². The van der Waals surface area contributed by atoms with Gasteiger partial charge < -0.3 is 5.32 Å². The quantitative estimate of drug-likeness (QED) is 0.848. The van der Waals surface area contributed by atoms with E-state index < -0.39 is 10.0 Å². The van der Waals surface area contributed by atoms with Crippen LogP contribution in [-0.4, -0.2) is 26.8 Å². The van der Waals surface area contributed by atoms with Gasteiger partial charge in [-0.3, -0.25) is 4.72 Å². The van der Waals surface area contributed by atoms with Crippen LogP contribution < -0.4 is 10.0 Å².